The molecule has 2 rings (SSSR count). The monoisotopic (exact) mass is 190 g/mol. The lowest BCUT2D eigenvalue weighted by atomic mass is 9.98. The van der Waals surface area contributed by atoms with E-state index in [1.165, 1.54) is 16.9 Å². The van der Waals surface area contributed by atoms with Crippen LogP contribution in [0.1, 0.15) is 19.4 Å². The SMILES string of the molecule is Cc1cccc2c1N(C)CC(C)(C)N2. The largest absolute Gasteiger partial charge is 0.377 e. The summed E-state index contributed by atoms with van der Waals surface area (Å²) in [7, 11) is 2.16. The number of hydrogen-bond donors (Lipinski definition) is 1. The Balaban J connectivity index is 2.50. The first-order chi connectivity index (χ1) is 6.49. The molecule has 0 fully saturated rings. The number of anilines is 2. The van der Waals surface area contributed by atoms with Gasteiger partial charge in [-0.25, -0.2) is 0 Å². The average molecular weight is 190 g/mol. The number of para-hydroxylation sites is 1. The van der Waals surface area contributed by atoms with Crippen LogP contribution in [0.25, 0.3) is 0 Å². The second-order valence-corrected chi connectivity index (χ2v) is 4.84. The Bertz CT molecular complexity index is 355. The molecule has 14 heavy (non-hydrogen) atoms. The molecule has 1 aromatic carbocycles. The Hall–Kier alpha value is -1.18. The zero-order valence-corrected chi connectivity index (χ0v) is 9.39. The first-order valence-corrected chi connectivity index (χ1v) is 5.08. The highest BCUT2D eigenvalue weighted by Gasteiger charge is 2.27. The van der Waals surface area contributed by atoms with Crippen LogP contribution in [0.3, 0.4) is 0 Å². The fourth-order valence-electron chi connectivity index (χ4n) is 2.34. The van der Waals surface area contributed by atoms with E-state index < -0.39 is 0 Å². The van der Waals surface area contributed by atoms with Gasteiger partial charge in [-0.05, 0) is 32.4 Å². The third-order valence-electron chi connectivity index (χ3n) is 2.72. The lowest BCUT2D eigenvalue weighted by molar-refractivity contribution is 0.549. The minimum absolute atomic E-state index is 0.162. The minimum atomic E-state index is 0.162. The van der Waals surface area contributed by atoms with E-state index in [0.717, 1.165) is 6.54 Å². The summed E-state index contributed by atoms with van der Waals surface area (Å²) in [4.78, 5) is 2.33. The predicted octanol–water partition coefficient (Wildman–Crippen LogP) is 2.64. The van der Waals surface area contributed by atoms with Gasteiger partial charge in [0.15, 0.2) is 0 Å². The fraction of sp³-hybridized carbons (Fsp3) is 0.500. The van der Waals surface area contributed by atoms with Crippen LogP contribution in [0, 0.1) is 6.92 Å². The highest BCUT2D eigenvalue weighted by molar-refractivity contribution is 5.76. The van der Waals surface area contributed by atoms with Crippen molar-refractivity contribution in [3.8, 4) is 0 Å². The van der Waals surface area contributed by atoms with Crippen molar-refractivity contribution >= 4 is 11.4 Å². The topological polar surface area (TPSA) is 15.3 Å². The van der Waals surface area contributed by atoms with Gasteiger partial charge in [0.2, 0.25) is 0 Å². The second kappa shape index (κ2) is 2.91. The van der Waals surface area contributed by atoms with E-state index in [4.69, 9.17) is 0 Å². The van der Waals surface area contributed by atoms with Gasteiger partial charge in [-0.2, -0.15) is 0 Å². The number of likely N-dealkylation sites (N-methyl/N-ethyl adjacent to an activating group) is 1. The van der Waals surface area contributed by atoms with Crippen molar-refractivity contribution in [2.45, 2.75) is 26.3 Å². The summed E-state index contributed by atoms with van der Waals surface area (Å²) >= 11 is 0. The van der Waals surface area contributed by atoms with Gasteiger partial charge in [-0.1, -0.05) is 12.1 Å². The normalized spacial score (nSPS) is 18.7. The van der Waals surface area contributed by atoms with Crippen molar-refractivity contribution in [3.63, 3.8) is 0 Å². The first-order valence-electron chi connectivity index (χ1n) is 5.08. The van der Waals surface area contributed by atoms with Gasteiger partial charge in [-0.3, -0.25) is 0 Å². The number of nitrogens with zero attached hydrogens (tertiary/aromatic N) is 1. The van der Waals surface area contributed by atoms with Gasteiger partial charge in [0.05, 0.1) is 11.4 Å². The number of benzene rings is 1. The molecular weight excluding hydrogens is 172 g/mol. The smallest absolute Gasteiger partial charge is 0.0630 e. The maximum atomic E-state index is 3.57. The molecular formula is C12H18N2. The Morgan fingerprint density at radius 3 is 2.79 bits per heavy atom. The molecule has 1 aromatic rings. The quantitative estimate of drug-likeness (QED) is 0.676. The second-order valence-electron chi connectivity index (χ2n) is 4.84. The Labute approximate surface area is 85.9 Å². The summed E-state index contributed by atoms with van der Waals surface area (Å²) in [6, 6.07) is 6.42. The van der Waals surface area contributed by atoms with Crippen LogP contribution in [0.15, 0.2) is 18.2 Å². The van der Waals surface area contributed by atoms with E-state index in [1.807, 2.05) is 0 Å². The summed E-state index contributed by atoms with van der Waals surface area (Å²) < 4.78 is 0. The maximum absolute atomic E-state index is 3.57. The van der Waals surface area contributed by atoms with Crippen molar-refractivity contribution in [1.29, 1.82) is 0 Å². The van der Waals surface area contributed by atoms with Crippen LogP contribution in [0.4, 0.5) is 11.4 Å². The van der Waals surface area contributed by atoms with Crippen LogP contribution < -0.4 is 10.2 Å². The zero-order valence-electron chi connectivity index (χ0n) is 9.39. The molecule has 1 heterocycles. The van der Waals surface area contributed by atoms with Crippen LogP contribution in [-0.2, 0) is 0 Å². The molecule has 2 heteroatoms. The van der Waals surface area contributed by atoms with E-state index in [9.17, 15) is 0 Å². The van der Waals surface area contributed by atoms with E-state index in [-0.39, 0.29) is 5.54 Å². The molecule has 0 radical (unpaired) electrons. The highest BCUT2D eigenvalue weighted by Crippen LogP contribution is 2.35. The Morgan fingerprint density at radius 2 is 2.07 bits per heavy atom. The summed E-state index contributed by atoms with van der Waals surface area (Å²) in [5.74, 6) is 0. The number of fused-ring (bicyclic) bond motifs is 1. The predicted molar refractivity (Wildman–Crippen MR) is 62.2 cm³/mol. The number of aryl methyl sites for hydroxylation is 1. The zero-order chi connectivity index (χ0) is 10.3. The average Bonchev–Trinajstić information content (AvgIpc) is 2.00. The van der Waals surface area contributed by atoms with Crippen molar-refractivity contribution in [3.05, 3.63) is 23.8 Å². The van der Waals surface area contributed by atoms with E-state index in [0.29, 0.717) is 0 Å². The van der Waals surface area contributed by atoms with Crippen LogP contribution in [0.5, 0.6) is 0 Å². The molecule has 0 amide bonds. The van der Waals surface area contributed by atoms with Crippen molar-refractivity contribution < 1.29 is 0 Å². The lowest BCUT2D eigenvalue weighted by Gasteiger charge is -2.41. The van der Waals surface area contributed by atoms with Gasteiger partial charge in [-0.15, -0.1) is 0 Å². The van der Waals surface area contributed by atoms with Crippen LogP contribution >= 0.6 is 0 Å². The van der Waals surface area contributed by atoms with Crippen molar-refractivity contribution in [1.82, 2.24) is 0 Å². The molecule has 0 saturated carbocycles. The van der Waals surface area contributed by atoms with E-state index >= 15 is 0 Å². The molecule has 0 aliphatic carbocycles. The van der Waals surface area contributed by atoms with Gasteiger partial charge in [0, 0.05) is 19.1 Å². The molecule has 0 bridgehead atoms. The molecule has 0 spiro atoms. The van der Waals surface area contributed by atoms with Crippen molar-refractivity contribution in [2.24, 2.45) is 0 Å². The van der Waals surface area contributed by atoms with E-state index in [2.05, 4.69) is 56.2 Å². The summed E-state index contributed by atoms with van der Waals surface area (Å²) in [5, 5.41) is 3.57. The first kappa shape index (κ1) is 9.38. The summed E-state index contributed by atoms with van der Waals surface area (Å²) in [6.07, 6.45) is 0. The molecule has 2 nitrogen and oxygen atoms in total. The minimum Gasteiger partial charge on any atom is -0.377 e. The third kappa shape index (κ3) is 1.45. The van der Waals surface area contributed by atoms with Crippen LogP contribution in [0.2, 0.25) is 0 Å². The number of hydrogen-bond acceptors (Lipinski definition) is 2. The van der Waals surface area contributed by atoms with Crippen molar-refractivity contribution in [2.75, 3.05) is 23.8 Å². The van der Waals surface area contributed by atoms with Crippen LogP contribution in [-0.4, -0.2) is 19.1 Å². The Morgan fingerprint density at radius 1 is 1.36 bits per heavy atom. The molecule has 0 aromatic heterocycles. The van der Waals surface area contributed by atoms with Gasteiger partial charge in [0.1, 0.15) is 0 Å². The molecule has 1 N–H and O–H groups in total. The summed E-state index contributed by atoms with van der Waals surface area (Å²) in [5.41, 5.74) is 4.10. The fourth-order valence-corrected chi connectivity index (χ4v) is 2.34. The molecule has 0 saturated heterocycles. The van der Waals surface area contributed by atoms with Gasteiger partial charge < -0.3 is 10.2 Å². The molecule has 1 aliphatic rings. The standard InChI is InChI=1S/C12H18N2/c1-9-6-5-7-10-11(9)14(4)8-12(2,3)13-10/h5-7,13H,8H2,1-4H3. The van der Waals surface area contributed by atoms with Gasteiger partial charge >= 0.3 is 0 Å². The molecule has 0 unspecified atom stereocenters. The maximum Gasteiger partial charge on any atom is 0.0630 e. The molecule has 76 valence electrons. The van der Waals surface area contributed by atoms with Gasteiger partial charge in [0.25, 0.3) is 0 Å². The highest BCUT2D eigenvalue weighted by atomic mass is 15.2. The third-order valence-corrected chi connectivity index (χ3v) is 2.72. The number of nitrogens with one attached hydrogen (secondary N) is 1. The summed E-state index contributed by atoms with van der Waals surface area (Å²) in [6.45, 7) is 7.67. The number of rotatable bonds is 0. The molecule has 0 atom stereocenters. The lowest BCUT2D eigenvalue weighted by Crippen LogP contribution is -2.47. The molecule has 1 aliphatic heterocycles. The van der Waals surface area contributed by atoms with E-state index in [1.54, 1.807) is 0 Å². The Kier molecular flexibility index (Phi) is 1.95.